The maximum absolute atomic E-state index is 14.0. The van der Waals surface area contributed by atoms with E-state index in [-0.39, 0.29) is 30.8 Å². The van der Waals surface area contributed by atoms with Crippen LogP contribution in [0.3, 0.4) is 0 Å². The number of urea groups is 1. The molecular formula is C29H28F2N4O3. The van der Waals surface area contributed by atoms with Gasteiger partial charge >= 0.3 is 12.1 Å². The number of nitrogens with zero attached hydrogens (tertiary/aromatic N) is 4. The van der Waals surface area contributed by atoms with E-state index in [1.165, 1.54) is 27.7 Å². The van der Waals surface area contributed by atoms with Crippen molar-refractivity contribution in [3.63, 3.8) is 0 Å². The molecule has 7 nitrogen and oxygen atoms in total. The van der Waals surface area contributed by atoms with Crippen LogP contribution in [0, 0.1) is 11.6 Å². The molecule has 2 aliphatic heterocycles. The lowest BCUT2D eigenvalue weighted by atomic mass is 9.71. The van der Waals surface area contributed by atoms with Gasteiger partial charge in [-0.2, -0.15) is 0 Å². The molecule has 3 heterocycles. The Hall–Kier alpha value is -3.85. The number of rotatable bonds is 5. The number of carbonyl (C=O) groups is 2. The van der Waals surface area contributed by atoms with Gasteiger partial charge in [-0.1, -0.05) is 30.3 Å². The predicted molar refractivity (Wildman–Crippen MR) is 138 cm³/mol. The largest absolute Gasteiger partial charge is 0.447 e. The second-order valence-corrected chi connectivity index (χ2v) is 10.0. The maximum Gasteiger partial charge on any atom is 0.418 e. The number of hydrogen-bond acceptors (Lipinski definition) is 5. The number of hydrogen-bond donors (Lipinski definition) is 0. The van der Waals surface area contributed by atoms with Crippen molar-refractivity contribution in [2.24, 2.45) is 0 Å². The van der Waals surface area contributed by atoms with Crippen LogP contribution in [0.15, 0.2) is 60.8 Å². The molecule has 0 saturated carbocycles. The molecule has 38 heavy (non-hydrogen) atoms. The molecule has 0 bridgehead atoms. The van der Waals surface area contributed by atoms with Gasteiger partial charge in [-0.05, 0) is 68.2 Å². The lowest BCUT2D eigenvalue weighted by Gasteiger charge is -2.41. The summed E-state index contributed by atoms with van der Waals surface area (Å²) in [5, 5.41) is 0. The Morgan fingerprint density at radius 1 is 1.00 bits per heavy atom. The lowest BCUT2D eigenvalue weighted by molar-refractivity contribution is 0.159. The molecule has 2 fully saturated rings. The summed E-state index contributed by atoms with van der Waals surface area (Å²) >= 11 is 0. The normalized spacial score (nSPS) is 17.8. The van der Waals surface area contributed by atoms with E-state index in [0.29, 0.717) is 6.42 Å². The molecule has 1 aromatic heterocycles. The van der Waals surface area contributed by atoms with Gasteiger partial charge in [0.1, 0.15) is 6.61 Å². The first-order chi connectivity index (χ1) is 18.5. The third-order valence-corrected chi connectivity index (χ3v) is 8.02. The van der Waals surface area contributed by atoms with Crippen molar-refractivity contribution >= 4 is 17.8 Å². The van der Waals surface area contributed by atoms with Crippen molar-refractivity contribution in [2.75, 3.05) is 44.2 Å². The van der Waals surface area contributed by atoms with Gasteiger partial charge in [0.2, 0.25) is 0 Å². The van der Waals surface area contributed by atoms with Crippen LogP contribution in [-0.4, -0.2) is 66.2 Å². The average molecular weight is 519 g/mol. The molecule has 0 radical (unpaired) electrons. The second kappa shape index (κ2) is 9.79. The minimum Gasteiger partial charge on any atom is -0.447 e. The summed E-state index contributed by atoms with van der Waals surface area (Å²) in [6, 6.07) is 15.5. The Morgan fingerprint density at radius 3 is 2.55 bits per heavy atom. The van der Waals surface area contributed by atoms with Crippen molar-refractivity contribution in [2.45, 2.75) is 24.7 Å². The van der Waals surface area contributed by atoms with Crippen molar-refractivity contribution < 1.29 is 23.1 Å². The number of aromatic nitrogens is 1. The molecule has 2 aromatic carbocycles. The van der Waals surface area contributed by atoms with Crippen LogP contribution in [0.2, 0.25) is 0 Å². The van der Waals surface area contributed by atoms with E-state index in [1.54, 1.807) is 0 Å². The Labute approximate surface area is 219 Å². The third-order valence-electron chi connectivity index (χ3n) is 8.02. The molecule has 1 spiro atoms. The first-order valence-corrected chi connectivity index (χ1v) is 13.0. The number of cyclic esters (lactones) is 1. The molecule has 1 aliphatic carbocycles. The highest BCUT2D eigenvalue weighted by Gasteiger charge is 2.45. The van der Waals surface area contributed by atoms with E-state index in [4.69, 9.17) is 9.72 Å². The van der Waals surface area contributed by atoms with Crippen LogP contribution in [0.1, 0.15) is 30.4 Å². The van der Waals surface area contributed by atoms with E-state index in [1.807, 2.05) is 12.3 Å². The van der Waals surface area contributed by atoms with Gasteiger partial charge in [0, 0.05) is 35.5 Å². The number of anilines is 1. The molecule has 3 aromatic rings. The first-order valence-electron chi connectivity index (χ1n) is 13.0. The zero-order valence-corrected chi connectivity index (χ0v) is 20.9. The number of benzene rings is 2. The molecule has 0 unspecified atom stereocenters. The van der Waals surface area contributed by atoms with E-state index in [2.05, 4.69) is 35.2 Å². The van der Waals surface area contributed by atoms with Gasteiger partial charge in [0.05, 0.1) is 12.2 Å². The minimum absolute atomic E-state index is 0.0412. The minimum atomic E-state index is -1.04. The number of amides is 3. The standard InChI is InChI=1S/C29H28F2N4O3/c30-24-9-8-20(19-25(24)31)34(27(36)35-17-18-38-28(35)37)14-4-13-33-15-10-29(11-16-33)22-6-2-1-5-21(22)26-23(29)7-3-12-32-26/h1-3,5-9,12,19H,4,10-11,13-18H2. The zero-order chi connectivity index (χ0) is 26.3. The number of piperidine rings is 1. The van der Waals surface area contributed by atoms with Gasteiger partial charge in [0.25, 0.3) is 0 Å². The van der Waals surface area contributed by atoms with Crippen molar-refractivity contribution in [3.8, 4) is 11.3 Å². The Bertz CT molecular complexity index is 1340. The summed E-state index contributed by atoms with van der Waals surface area (Å²) in [5.74, 6) is -2.04. The molecule has 3 amide bonds. The second-order valence-electron chi connectivity index (χ2n) is 10.0. The molecule has 196 valence electrons. The monoisotopic (exact) mass is 518 g/mol. The predicted octanol–water partition coefficient (Wildman–Crippen LogP) is 5.19. The van der Waals surface area contributed by atoms with Crippen LogP contribution in [-0.2, 0) is 10.2 Å². The molecular weight excluding hydrogens is 490 g/mol. The molecule has 3 aliphatic rings. The maximum atomic E-state index is 14.0. The number of carbonyl (C=O) groups excluding carboxylic acids is 2. The summed E-state index contributed by atoms with van der Waals surface area (Å²) in [6.45, 7) is 3.01. The fourth-order valence-electron chi connectivity index (χ4n) is 6.11. The van der Waals surface area contributed by atoms with E-state index >= 15 is 0 Å². The first kappa shape index (κ1) is 24.5. The highest BCUT2D eigenvalue weighted by Crippen LogP contribution is 2.52. The number of halogens is 2. The summed E-state index contributed by atoms with van der Waals surface area (Å²) in [5.41, 5.74) is 5.11. The summed E-state index contributed by atoms with van der Waals surface area (Å²) in [6.07, 6.45) is 3.67. The van der Waals surface area contributed by atoms with Crippen LogP contribution in [0.5, 0.6) is 0 Å². The quantitative estimate of drug-likeness (QED) is 0.465. The van der Waals surface area contributed by atoms with Gasteiger partial charge in [-0.15, -0.1) is 0 Å². The highest BCUT2D eigenvalue weighted by atomic mass is 19.2. The third kappa shape index (κ3) is 4.11. The average Bonchev–Trinajstić information content (AvgIpc) is 3.49. The van der Waals surface area contributed by atoms with Gasteiger partial charge in [0.15, 0.2) is 11.6 Å². The van der Waals surface area contributed by atoms with Gasteiger partial charge < -0.3 is 9.64 Å². The van der Waals surface area contributed by atoms with Crippen LogP contribution in [0.25, 0.3) is 11.3 Å². The fraction of sp³-hybridized carbons (Fsp3) is 0.345. The number of likely N-dealkylation sites (tertiary alicyclic amines) is 1. The molecule has 9 heteroatoms. The van der Waals surface area contributed by atoms with E-state index < -0.39 is 23.8 Å². The Kier molecular flexibility index (Phi) is 6.31. The van der Waals surface area contributed by atoms with Crippen LogP contribution < -0.4 is 4.90 Å². The van der Waals surface area contributed by atoms with Crippen molar-refractivity contribution in [3.05, 3.63) is 83.6 Å². The number of fused-ring (bicyclic) bond motifs is 5. The molecule has 0 N–H and O–H groups in total. The molecule has 2 saturated heterocycles. The highest BCUT2D eigenvalue weighted by molar-refractivity contribution is 6.01. The summed E-state index contributed by atoms with van der Waals surface area (Å²) < 4.78 is 32.5. The topological polar surface area (TPSA) is 66.0 Å². The number of ether oxygens (including phenoxy) is 1. The zero-order valence-electron chi connectivity index (χ0n) is 20.9. The van der Waals surface area contributed by atoms with Gasteiger partial charge in [-0.3, -0.25) is 9.88 Å². The van der Waals surface area contributed by atoms with Gasteiger partial charge in [-0.25, -0.2) is 23.3 Å². The molecule has 0 atom stereocenters. The van der Waals surface area contributed by atoms with Crippen molar-refractivity contribution in [1.82, 2.24) is 14.8 Å². The lowest BCUT2D eigenvalue weighted by Crippen LogP contribution is -2.46. The summed E-state index contributed by atoms with van der Waals surface area (Å²) in [7, 11) is 0. The Balaban J connectivity index is 1.14. The fourth-order valence-corrected chi connectivity index (χ4v) is 6.11. The SMILES string of the molecule is O=C1OCCN1C(=O)N(CCCN1CCC2(CC1)c1ccccc1-c1ncccc12)c1ccc(F)c(F)c1. The van der Waals surface area contributed by atoms with E-state index in [0.717, 1.165) is 55.2 Å². The van der Waals surface area contributed by atoms with Crippen LogP contribution >= 0.6 is 0 Å². The van der Waals surface area contributed by atoms with Crippen LogP contribution in [0.4, 0.5) is 24.1 Å². The van der Waals surface area contributed by atoms with E-state index in [9.17, 15) is 18.4 Å². The Morgan fingerprint density at radius 2 is 1.79 bits per heavy atom. The van der Waals surface area contributed by atoms with Crippen molar-refractivity contribution in [1.29, 1.82) is 0 Å². The number of imide groups is 1. The molecule has 6 rings (SSSR count). The smallest absolute Gasteiger partial charge is 0.418 e. The summed E-state index contributed by atoms with van der Waals surface area (Å²) in [4.78, 5) is 34.5. The number of pyridine rings is 1.